The standard InChI is InChI=1S/C6H6F3N3O2S/c7-4(8)2-1-3(15(11,13)14)5(9)12-6(2)10/h1,4H,(H2,10,12)(H2,11,13,14). The molecule has 0 fully saturated rings. The number of alkyl halides is 2. The van der Waals surface area contributed by atoms with Gasteiger partial charge in [-0.1, -0.05) is 0 Å². The number of nitrogen functional groups attached to an aromatic ring is 1. The van der Waals surface area contributed by atoms with Crippen LogP contribution in [0.3, 0.4) is 0 Å². The number of nitrogens with zero attached hydrogens (tertiary/aromatic N) is 1. The topological polar surface area (TPSA) is 99.1 Å². The van der Waals surface area contributed by atoms with Gasteiger partial charge in [-0.25, -0.2) is 27.3 Å². The molecule has 9 heteroatoms. The molecule has 0 spiro atoms. The fourth-order valence-corrected chi connectivity index (χ4v) is 1.45. The Kier molecular flexibility index (Phi) is 2.86. The SMILES string of the molecule is Nc1nc(F)c(S(N)(=O)=O)cc1C(F)F. The average Bonchev–Trinajstić information content (AvgIpc) is 2.00. The van der Waals surface area contributed by atoms with Crippen molar-refractivity contribution in [1.29, 1.82) is 0 Å². The predicted octanol–water partition coefficient (Wildman–Crippen LogP) is 0.388. The molecule has 4 N–H and O–H groups in total. The molecule has 0 atom stereocenters. The third-order valence-electron chi connectivity index (χ3n) is 1.55. The summed E-state index contributed by atoms with van der Waals surface area (Å²) in [7, 11) is -4.43. The van der Waals surface area contributed by atoms with Crippen LogP contribution in [0.15, 0.2) is 11.0 Å². The van der Waals surface area contributed by atoms with Crippen molar-refractivity contribution in [3.8, 4) is 0 Å². The van der Waals surface area contributed by atoms with Crippen LogP contribution in [0.1, 0.15) is 12.0 Å². The first kappa shape index (κ1) is 11.7. The molecule has 0 amide bonds. The molecule has 0 unspecified atom stereocenters. The van der Waals surface area contributed by atoms with Gasteiger partial charge in [0, 0.05) is 0 Å². The summed E-state index contributed by atoms with van der Waals surface area (Å²) in [6, 6.07) is 0.373. The van der Waals surface area contributed by atoms with Crippen molar-refractivity contribution in [2.45, 2.75) is 11.3 Å². The molecule has 1 heterocycles. The second-order valence-corrected chi connectivity index (χ2v) is 4.13. The number of sulfonamides is 1. The second-order valence-electron chi connectivity index (χ2n) is 2.60. The van der Waals surface area contributed by atoms with E-state index >= 15 is 0 Å². The van der Waals surface area contributed by atoms with Gasteiger partial charge in [0.25, 0.3) is 6.43 Å². The van der Waals surface area contributed by atoms with Crippen LogP contribution in [0.4, 0.5) is 19.0 Å². The van der Waals surface area contributed by atoms with Gasteiger partial charge in [-0.05, 0) is 6.07 Å². The van der Waals surface area contributed by atoms with Crippen LogP contribution in [0.5, 0.6) is 0 Å². The number of hydrogen-bond donors (Lipinski definition) is 2. The molecule has 0 bridgehead atoms. The van der Waals surface area contributed by atoms with Gasteiger partial charge in [-0.15, -0.1) is 0 Å². The number of primary sulfonamides is 1. The van der Waals surface area contributed by atoms with E-state index in [9.17, 15) is 21.6 Å². The summed E-state index contributed by atoms with van der Waals surface area (Å²) in [4.78, 5) is 1.73. The number of pyridine rings is 1. The first-order valence-electron chi connectivity index (χ1n) is 3.50. The minimum absolute atomic E-state index is 0.373. The number of nitrogens with two attached hydrogens (primary N) is 2. The van der Waals surface area contributed by atoms with Crippen molar-refractivity contribution in [3.63, 3.8) is 0 Å². The van der Waals surface area contributed by atoms with Crippen LogP contribution in [0, 0.1) is 5.95 Å². The zero-order valence-corrected chi connectivity index (χ0v) is 7.93. The Morgan fingerprint density at radius 2 is 1.93 bits per heavy atom. The highest BCUT2D eigenvalue weighted by Crippen LogP contribution is 2.26. The van der Waals surface area contributed by atoms with Gasteiger partial charge >= 0.3 is 0 Å². The monoisotopic (exact) mass is 241 g/mol. The Morgan fingerprint density at radius 3 is 2.33 bits per heavy atom. The average molecular weight is 241 g/mol. The quantitative estimate of drug-likeness (QED) is 0.731. The smallest absolute Gasteiger partial charge is 0.267 e. The summed E-state index contributed by atoms with van der Waals surface area (Å²) in [5.74, 6) is -2.27. The number of rotatable bonds is 2. The fraction of sp³-hybridized carbons (Fsp3) is 0.167. The number of hydrogen-bond acceptors (Lipinski definition) is 4. The van der Waals surface area contributed by atoms with E-state index < -0.39 is 38.7 Å². The largest absolute Gasteiger partial charge is 0.383 e. The van der Waals surface area contributed by atoms with E-state index in [0.29, 0.717) is 6.07 Å². The number of anilines is 1. The third kappa shape index (κ3) is 2.36. The predicted molar refractivity (Wildman–Crippen MR) is 44.9 cm³/mol. The van der Waals surface area contributed by atoms with Gasteiger partial charge in [0.2, 0.25) is 16.0 Å². The highest BCUT2D eigenvalue weighted by Gasteiger charge is 2.22. The molecule has 0 aliphatic rings. The molecule has 0 aliphatic heterocycles. The van der Waals surface area contributed by atoms with Crippen LogP contribution in [0.2, 0.25) is 0 Å². The lowest BCUT2D eigenvalue weighted by Crippen LogP contribution is -2.16. The summed E-state index contributed by atoms with van der Waals surface area (Å²) in [6.07, 6.45) is -3.06. The molecule has 1 aromatic heterocycles. The second kappa shape index (κ2) is 3.66. The summed E-state index contributed by atoms with van der Waals surface area (Å²) < 4.78 is 58.9. The Balaban J connectivity index is 3.50. The molecule has 0 aliphatic carbocycles. The van der Waals surface area contributed by atoms with E-state index in [4.69, 9.17) is 5.73 Å². The zero-order chi connectivity index (χ0) is 11.8. The number of aromatic nitrogens is 1. The first-order chi connectivity index (χ1) is 6.73. The van der Waals surface area contributed by atoms with Crippen molar-refractivity contribution in [2.75, 3.05) is 5.73 Å². The van der Waals surface area contributed by atoms with Crippen LogP contribution in [-0.4, -0.2) is 13.4 Å². The Morgan fingerprint density at radius 1 is 1.40 bits per heavy atom. The molecular weight excluding hydrogens is 235 g/mol. The van der Waals surface area contributed by atoms with E-state index in [1.54, 1.807) is 0 Å². The van der Waals surface area contributed by atoms with Gasteiger partial charge in [0.05, 0.1) is 5.56 Å². The normalized spacial score (nSPS) is 12.1. The third-order valence-corrected chi connectivity index (χ3v) is 2.45. The van der Waals surface area contributed by atoms with Crippen molar-refractivity contribution in [2.24, 2.45) is 5.14 Å². The molecule has 0 saturated carbocycles. The van der Waals surface area contributed by atoms with Crippen molar-refractivity contribution in [3.05, 3.63) is 17.6 Å². The van der Waals surface area contributed by atoms with Gasteiger partial charge in [0.1, 0.15) is 10.7 Å². The summed E-state index contributed by atoms with van der Waals surface area (Å²) in [5, 5.41) is 4.58. The number of halogens is 3. The molecular formula is C6H6F3N3O2S. The molecule has 15 heavy (non-hydrogen) atoms. The van der Waals surface area contributed by atoms with Crippen molar-refractivity contribution in [1.82, 2.24) is 4.98 Å². The Labute approximate surface area is 83.0 Å². The van der Waals surface area contributed by atoms with Crippen LogP contribution < -0.4 is 10.9 Å². The maximum absolute atomic E-state index is 12.9. The Bertz CT molecular complexity index is 489. The summed E-state index contributed by atoms with van der Waals surface area (Å²) >= 11 is 0. The van der Waals surface area contributed by atoms with Gasteiger partial charge in [-0.2, -0.15) is 4.39 Å². The maximum atomic E-state index is 12.9. The van der Waals surface area contributed by atoms with Crippen LogP contribution in [0.25, 0.3) is 0 Å². The van der Waals surface area contributed by atoms with E-state index in [0.717, 1.165) is 0 Å². The van der Waals surface area contributed by atoms with Crippen LogP contribution >= 0.6 is 0 Å². The fourth-order valence-electron chi connectivity index (χ4n) is 0.874. The minimum Gasteiger partial charge on any atom is -0.383 e. The van der Waals surface area contributed by atoms with Gasteiger partial charge in [-0.3, -0.25) is 0 Å². The molecule has 5 nitrogen and oxygen atoms in total. The summed E-state index contributed by atoms with van der Waals surface area (Å²) in [6.45, 7) is 0. The minimum atomic E-state index is -4.43. The lowest BCUT2D eigenvalue weighted by molar-refractivity contribution is 0.151. The summed E-state index contributed by atoms with van der Waals surface area (Å²) in [5.41, 5.74) is 4.09. The molecule has 1 rings (SSSR count). The van der Waals surface area contributed by atoms with Crippen molar-refractivity contribution >= 4 is 15.8 Å². The van der Waals surface area contributed by atoms with E-state index in [2.05, 4.69) is 10.1 Å². The van der Waals surface area contributed by atoms with E-state index in [1.165, 1.54) is 0 Å². The highest BCUT2D eigenvalue weighted by molar-refractivity contribution is 7.89. The molecule has 0 radical (unpaired) electrons. The maximum Gasteiger partial charge on any atom is 0.267 e. The highest BCUT2D eigenvalue weighted by atomic mass is 32.2. The Hall–Kier alpha value is -1.35. The first-order valence-corrected chi connectivity index (χ1v) is 5.05. The molecule has 0 saturated heterocycles. The lowest BCUT2D eigenvalue weighted by atomic mass is 10.2. The molecule has 0 aromatic carbocycles. The molecule has 84 valence electrons. The lowest BCUT2D eigenvalue weighted by Gasteiger charge is -2.06. The van der Waals surface area contributed by atoms with Gasteiger partial charge < -0.3 is 5.73 Å². The van der Waals surface area contributed by atoms with Crippen molar-refractivity contribution < 1.29 is 21.6 Å². The van der Waals surface area contributed by atoms with E-state index in [-0.39, 0.29) is 0 Å². The zero-order valence-electron chi connectivity index (χ0n) is 7.12. The van der Waals surface area contributed by atoms with E-state index in [1.807, 2.05) is 0 Å². The van der Waals surface area contributed by atoms with Gasteiger partial charge in [0.15, 0.2) is 0 Å². The molecule has 1 aromatic rings. The van der Waals surface area contributed by atoms with Crippen LogP contribution in [-0.2, 0) is 10.0 Å².